The quantitative estimate of drug-likeness (QED) is 0.583. The average molecular weight is 226 g/mol. The van der Waals surface area contributed by atoms with Gasteiger partial charge in [0.05, 0.1) is 6.10 Å². The highest BCUT2D eigenvalue weighted by Gasteiger charge is 2.03. The molecule has 1 aromatic rings. The summed E-state index contributed by atoms with van der Waals surface area (Å²) in [5.74, 6) is 0.301. The maximum absolute atomic E-state index is 11.4. The molecule has 0 fully saturated rings. The standard InChI is InChI=1S/C10H18N4O2/c1-8(15)3-2-5-12-10(16)7-14-6-4-9(11)13-14/h4,6,8,15H,2-3,5,7H2,1H3,(H2,11,13)(H,12,16). The number of hydrogen-bond acceptors (Lipinski definition) is 4. The molecular formula is C10H18N4O2. The molecular weight excluding hydrogens is 208 g/mol. The highest BCUT2D eigenvalue weighted by molar-refractivity contribution is 5.75. The first-order valence-corrected chi connectivity index (χ1v) is 5.31. The maximum Gasteiger partial charge on any atom is 0.241 e. The van der Waals surface area contributed by atoms with Gasteiger partial charge in [0.2, 0.25) is 5.91 Å². The van der Waals surface area contributed by atoms with Crippen molar-refractivity contribution in [3.8, 4) is 0 Å². The van der Waals surface area contributed by atoms with E-state index in [0.29, 0.717) is 18.8 Å². The van der Waals surface area contributed by atoms with E-state index >= 15 is 0 Å². The van der Waals surface area contributed by atoms with Gasteiger partial charge in [-0.15, -0.1) is 0 Å². The van der Waals surface area contributed by atoms with Crippen molar-refractivity contribution in [2.75, 3.05) is 12.3 Å². The van der Waals surface area contributed by atoms with Crippen LogP contribution < -0.4 is 11.1 Å². The number of carbonyl (C=O) groups excluding carboxylic acids is 1. The van der Waals surface area contributed by atoms with Crippen LogP contribution in [0.15, 0.2) is 12.3 Å². The lowest BCUT2D eigenvalue weighted by Crippen LogP contribution is -2.29. The fourth-order valence-corrected chi connectivity index (χ4v) is 1.29. The highest BCUT2D eigenvalue weighted by atomic mass is 16.3. The van der Waals surface area contributed by atoms with Crippen LogP contribution in [0.5, 0.6) is 0 Å². The molecule has 0 aliphatic carbocycles. The largest absolute Gasteiger partial charge is 0.393 e. The molecule has 0 saturated heterocycles. The number of anilines is 1. The van der Waals surface area contributed by atoms with Crippen molar-refractivity contribution in [1.29, 1.82) is 0 Å². The normalized spacial score (nSPS) is 12.4. The summed E-state index contributed by atoms with van der Waals surface area (Å²) in [6.07, 6.45) is 2.80. The van der Waals surface area contributed by atoms with E-state index in [1.54, 1.807) is 19.2 Å². The molecule has 1 heterocycles. The zero-order chi connectivity index (χ0) is 12.0. The number of aliphatic hydroxyl groups excluding tert-OH is 1. The number of nitrogens with one attached hydrogen (secondary N) is 1. The molecule has 0 aliphatic rings. The van der Waals surface area contributed by atoms with Gasteiger partial charge in [0.25, 0.3) is 0 Å². The van der Waals surface area contributed by atoms with Crippen molar-refractivity contribution >= 4 is 11.7 Å². The second-order valence-electron chi connectivity index (χ2n) is 3.78. The minimum atomic E-state index is -0.317. The Morgan fingerprint density at radius 2 is 2.50 bits per heavy atom. The van der Waals surface area contributed by atoms with Gasteiger partial charge in [-0.1, -0.05) is 0 Å². The molecule has 16 heavy (non-hydrogen) atoms. The smallest absolute Gasteiger partial charge is 0.241 e. The Bertz CT molecular complexity index is 335. The molecule has 0 saturated carbocycles. The van der Waals surface area contributed by atoms with Gasteiger partial charge >= 0.3 is 0 Å². The summed E-state index contributed by atoms with van der Waals surface area (Å²) in [5, 5.41) is 15.7. The summed E-state index contributed by atoms with van der Waals surface area (Å²) in [6.45, 7) is 2.47. The molecule has 1 amide bonds. The zero-order valence-corrected chi connectivity index (χ0v) is 9.39. The highest BCUT2D eigenvalue weighted by Crippen LogP contribution is 1.96. The van der Waals surface area contributed by atoms with E-state index in [-0.39, 0.29) is 18.6 Å². The van der Waals surface area contributed by atoms with Crippen LogP contribution in [-0.4, -0.2) is 33.4 Å². The van der Waals surface area contributed by atoms with Crippen molar-refractivity contribution in [2.45, 2.75) is 32.4 Å². The molecule has 90 valence electrons. The average Bonchev–Trinajstić information content (AvgIpc) is 2.58. The van der Waals surface area contributed by atoms with E-state index in [9.17, 15) is 4.79 Å². The Kier molecular flexibility index (Phi) is 4.78. The minimum Gasteiger partial charge on any atom is -0.393 e. The number of rotatable bonds is 6. The molecule has 0 bridgehead atoms. The topological polar surface area (TPSA) is 93.2 Å². The van der Waals surface area contributed by atoms with Gasteiger partial charge in [-0.2, -0.15) is 5.10 Å². The zero-order valence-electron chi connectivity index (χ0n) is 9.39. The van der Waals surface area contributed by atoms with E-state index < -0.39 is 0 Å². The maximum atomic E-state index is 11.4. The van der Waals surface area contributed by atoms with Gasteiger partial charge in [-0.05, 0) is 25.8 Å². The summed E-state index contributed by atoms with van der Waals surface area (Å²) in [7, 11) is 0. The van der Waals surface area contributed by atoms with Gasteiger partial charge in [-0.25, -0.2) is 0 Å². The summed E-state index contributed by atoms with van der Waals surface area (Å²) in [4.78, 5) is 11.4. The molecule has 0 radical (unpaired) electrons. The molecule has 0 aromatic carbocycles. The van der Waals surface area contributed by atoms with Crippen LogP contribution in [0.4, 0.5) is 5.82 Å². The first-order valence-electron chi connectivity index (χ1n) is 5.31. The number of aliphatic hydroxyl groups is 1. The van der Waals surface area contributed by atoms with Crippen LogP contribution in [0.3, 0.4) is 0 Å². The van der Waals surface area contributed by atoms with Crippen molar-refractivity contribution in [3.05, 3.63) is 12.3 Å². The third-order valence-corrected chi connectivity index (χ3v) is 2.09. The fraction of sp³-hybridized carbons (Fsp3) is 0.600. The molecule has 6 nitrogen and oxygen atoms in total. The summed E-state index contributed by atoms with van der Waals surface area (Å²) < 4.78 is 1.49. The Morgan fingerprint density at radius 1 is 1.75 bits per heavy atom. The first kappa shape index (κ1) is 12.5. The predicted molar refractivity (Wildman–Crippen MR) is 60.6 cm³/mol. The van der Waals surface area contributed by atoms with E-state index in [4.69, 9.17) is 10.8 Å². The van der Waals surface area contributed by atoms with Gasteiger partial charge in [-0.3, -0.25) is 9.48 Å². The Morgan fingerprint density at radius 3 is 3.06 bits per heavy atom. The predicted octanol–water partition coefficient (Wildman–Crippen LogP) is -0.257. The number of amides is 1. The lowest BCUT2D eigenvalue weighted by Gasteiger charge is -2.06. The Labute approximate surface area is 94.4 Å². The third-order valence-electron chi connectivity index (χ3n) is 2.09. The second-order valence-corrected chi connectivity index (χ2v) is 3.78. The molecule has 1 unspecified atom stereocenters. The first-order chi connectivity index (χ1) is 7.58. The van der Waals surface area contributed by atoms with Crippen LogP contribution in [0.1, 0.15) is 19.8 Å². The Hall–Kier alpha value is -1.56. The summed E-state index contributed by atoms with van der Waals surface area (Å²) in [6, 6.07) is 1.64. The lowest BCUT2D eigenvalue weighted by molar-refractivity contribution is -0.121. The van der Waals surface area contributed by atoms with Crippen LogP contribution >= 0.6 is 0 Å². The third kappa shape index (κ3) is 4.79. The summed E-state index contributed by atoms with van der Waals surface area (Å²) in [5.41, 5.74) is 5.42. The van der Waals surface area contributed by atoms with E-state index in [1.807, 2.05) is 0 Å². The molecule has 4 N–H and O–H groups in total. The van der Waals surface area contributed by atoms with Gasteiger partial charge in [0, 0.05) is 12.7 Å². The SMILES string of the molecule is CC(O)CCCNC(=O)Cn1ccc(N)n1. The minimum absolute atomic E-state index is 0.103. The van der Waals surface area contributed by atoms with Crippen molar-refractivity contribution in [3.63, 3.8) is 0 Å². The molecule has 0 spiro atoms. The number of nitrogen functional groups attached to an aromatic ring is 1. The van der Waals surface area contributed by atoms with Crippen LogP contribution in [0.2, 0.25) is 0 Å². The molecule has 1 atom stereocenters. The summed E-state index contributed by atoms with van der Waals surface area (Å²) >= 11 is 0. The van der Waals surface area contributed by atoms with Crippen LogP contribution in [0, 0.1) is 0 Å². The van der Waals surface area contributed by atoms with Crippen LogP contribution in [-0.2, 0) is 11.3 Å². The van der Waals surface area contributed by atoms with Gasteiger partial charge < -0.3 is 16.2 Å². The number of carbonyl (C=O) groups is 1. The molecule has 6 heteroatoms. The Balaban J connectivity index is 2.16. The van der Waals surface area contributed by atoms with Crippen LogP contribution in [0.25, 0.3) is 0 Å². The van der Waals surface area contributed by atoms with E-state index in [0.717, 1.165) is 6.42 Å². The number of hydrogen-bond donors (Lipinski definition) is 3. The van der Waals surface area contributed by atoms with Gasteiger partial charge in [0.1, 0.15) is 12.4 Å². The van der Waals surface area contributed by atoms with E-state index in [1.165, 1.54) is 4.68 Å². The van der Waals surface area contributed by atoms with E-state index in [2.05, 4.69) is 10.4 Å². The number of aromatic nitrogens is 2. The second kappa shape index (κ2) is 6.12. The number of nitrogens with zero attached hydrogens (tertiary/aromatic N) is 2. The number of nitrogens with two attached hydrogens (primary N) is 1. The molecule has 0 aliphatic heterocycles. The van der Waals surface area contributed by atoms with Crippen molar-refractivity contribution in [2.24, 2.45) is 0 Å². The molecule has 1 rings (SSSR count). The van der Waals surface area contributed by atoms with Crippen molar-refractivity contribution in [1.82, 2.24) is 15.1 Å². The lowest BCUT2D eigenvalue weighted by atomic mass is 10.2. The molecule has 1 aromatic heterocycles. The van der Waals surface area contributed by atoms with Gasteiger partial charge in [0.15, 0.2) is 0 Å². The fourth-order valence-electron chi connectivity index (χ4n) is 1.29. The van der Waals surface area contributed by atoms with Crippen molar-refractivity contribution < 1.29 is 9.90 Å². The monoisotopic (exact) mass is 226 g/mol.